The Morgan fingerprint density at radius 3 is 2.44 bits per heavy atom. The van der Waals surface area contributed by atoms with E-state index in [4.69, 9.17) is 0 Å². The number of hydrogen-bond donors (Lipinski definition) is 1. The number of nitrogens with zero attached hydrogens (tertiary/aromatic N) is 1. The molecule has 0 aromatic rings. The van der Waals surface area contributed by atoms with Crippen LogP contribution in [-0.4, -0.2) is 43.5 Å². The first kappa shape index (κ1) is 12.2. The van der Waals surface area contributed by atoms with E-state index in [-0.39, 0.29) is 12.8 Å². The van der Waals surface area contributed by atoms with Gasteiger partial charge < -0.3 is 5.32 Å². The first-order valence-corrected chi connectivity index (χ1v) is 6.37. The summed E-state index contributed by atoms with van der Waals surface area (Å²) in [5, 5.41) is 3.19. The maximum absolute atomic E-state index is 13.0. The van der Waals surface area contributed by atoms with Crippen LogP contribution >= 0.6 is 0 Å². The highest BCUT2D eigenvalue weighted by Gasteiger charge is 2.37. The number of halogens is 2. The number of alkyl halides is 2. The van der Waals surface area contributed by atoms with Crippen LogP contribution in [0.4, 0.5) is 8.78 Å². The Bertz CT molecular complexity index is 223. The summed E-state index contributed by atoms with van der Waals surface area (Å²) in [7, 11) is 1.97. The Kier molecular flexibility index (Phi) is 3.80. The van der Waals surface area contributed by atoms with Crippen molar-refractivity contribution in [2.24, 2.45) is 5.92 Å². The van der Waals surface area contributed by atoms with Gasteiger partial charge in [-0.15, -0.1) is 0 Å². The minimum atomic E-state index is -2.38. The molecule has 1 aliphatic carbocycles. The topological polar surface area (TPSA) is 15.3 Å². The Morgan fingerprint density at radius 1 is 1.25 bits per heavy atom. The van der Waals surface area contributed by atoms with Crippen molar-refractivity contribution in [1.29, 1.82) is 0 Å². The molecule has 2 nitrogen and oxygen atoms in total. The zero-order valence-electron chi connectivity index (χ0n) is 10.0. The van der Waals surface area contributed by atoms with Crippen LogP contribution in [0, 0.1) is 5.92 Å². The third kappa shape index (κ3) is 2.92. The van der Waals surface area contributed by atoms with Crippen LogP contribution < -0.4 is 5.32 Å². The van der Waals surface area contributed by atoms with Gasteiger partial charge in [-0.2, -0.15) is 0 Å². The molecule has 2 aliphatic rings. The Hall–Kier alpha value is -0.220. The zero-order valence-corrected chi connectivity index (χ0v) is 10.0. The molecule has 1 saturated heterocycles. The second-order valence-corrected chi connectivity index (χ2v) is 5.29. The first-order valence-electron chi connectivity index (χ1n) is 6.37. The van der Waals surface area contributed by atoms with Crippen molar-refractivity contribution in [3.8, 4) is 0 Å². The quantitative estimate of drug-likeness (QED) is 0.798. The number of likely N-dealkylation sites (N-methyl/N-ethyl adjacent to an activating group) is 1. The van der Waals surface area contributed by atoms with Gasteiger partial charge in [-0.25, -0.2) is 8.78 Å². The van der Waals surface area contributed by atoms with Crippen LogP contribution in [0.15, 0.2) is 0 Å². The number of likely N-dealkylation sites (tertiary alicyclic amines) is 1. The summed E-state index contributed by atoms with van der Waals surface area (Å²) in [6.07, 6.45) is 2.86. The van der Waals surface area contributed by atoms with Crippen molar-refractivity contribution >= 4 is 0 Å². The van der Waals surface area contributed by atoms with Crippen LogP contribution in [0.3, 0.4) is 0 Å². The standard InChI is InChI=1S/C12H22F2N2/c1-15-8-11-4-7-16(11)9-10-2-5-12(13,14)6-3-10/h10-11,15H,2-9H2,1H3. The molecule has 0 bridgehead atoms. The highest BCUT2D eigenvalue weighted by atomic mass is 19.3. The second-order valence-electron chi connectivity index (χ2n) is 5.29. The largest absolute Gasteiger partial charge is 0.318 e. The maximum Gasteiger partial charge on any atom is 0.248 e. The highest BCUT2D eigenvalue weighted by molar-refractivity contribution is 4.87. The molecule has 2 rings (SSSR count). The molecule has 1 aliphatic heterocycles. The molecule has 2 fully saturated rings. The number of hydrogen-bond acceptors (Lipinski definition) is 2. The molecule has 1 heterocycles. The summed E-state index contributed by atoms with van der Waals surface area (Å²) >= 11 is 0. The van der Waals surface area contributed by atoms with Crippen molar-refractivity contribution in [2.75, 3.05) is 26.7 Å². The van der Waals surface area contributed by atoms with E-state index in [1.807, 2.05) is 7.05 Å². The molecule has 1 saturated carbocycles. The monoisotopic (exact) mass is 232 g/mol. The highest BCUT2D eigenvalue weighted by Crippen LogP contribution is 2.37. The molecule has 0 amide bonds. The third-order valence-electron chi connectivity index (χ3n) is 4.04. The van der Waals surface area contributed by atoms with E-state index in [9.17, 15) is 8.78 Å². The van der Waals surface area contributed by atoms with Crippen LogP contribution in [0.5, 0.6) is 0 Å². The van der Waals surface area contributed by atoms with Gasteiger partial charge in [-0.3, -0.25) is 4.90 Å². The Labute approximate surface area is 96.4 Å². The van der Waals surface area contributed by atoms with Gasteiger partial charge in [0.05, 0.1) is 0 Å². The number of rotatable bonds is 4. The van der Waals surface area contributed by atoms with E-state index in [1.54, 1.807) is 0 Å². The summed E-state index contributed by atoms with van der Waals surface area (Å²) in [6, 6.07) is 0.646. The van der Waals surface area contributed by atoms with Crippen LogP contribution in [0.25, 0.3) is 0 Å². The van der Waals surface area contributed by atoms with Crippen LogP contribution in [0.2, 0.25) is 0 Å². The fourth-order valence-electron chi connectivity index (χ4n) is 2.82. The molecular weight excluding hydrogens is 210 g/mol. The van der Waals surface area contributed by atoms with E-state index in [2.05, 4.69) is 10.2 Å². The molecule has 1 N–H and O–H groups in total. The van der Waals surface area contributed by atoms with Gasteiger partial charge in [0.2, 0.25) is 5.92 Å². The fourth-order valence-corrected chi connectivity index (χ4v) is 2.82. The maximum atomic E-state index is 13.0. The lowest BCUT2D eigenvalue weighted by Gasteiger charge is -2.44. The third-order valence-corrected chi connectivity index (χ3v) is 4.04. The Morgan fingerprint density at radius 2 is 1.94 bits per heavy atom. The van der Waals surface area contributed by atoms with Crippen molar-refractivity contribution in [1.82, 2.24) is 10.2 Å². The second kappa shape index (κ2) is 4.96. The molecule has 94 valence electrons. The zero-order chi connectivity index (χ0) is 11.6. The van der Waals surface area contributed by atoms with Gasteiger partial charge in [0, 0.05) is 38.5 Å². The van der Waals surface area contributed by atoms with E-state index in [1.165, 1.54) is 6.42 Å². The molecule has 0 aromatic carbocycles. The average Bonchev–Trinajstić information content (AvgIpc) is 2.23. The van der Waals surface area contributed by atoms with Crippen molar-refractivity contribution < 1.29 is 8.78 Å². The van der Waals surface area contributed by atoms with Gasteiger partial charge in [-0.1, -0.05) is 0 Å². The van der Waals surface area contributed by atoms with Crippen molar-refractivity contribution in [3.05, 3.63) is 0 Å². The molecule has 0 aromatic heterocycles. The van der Waals surface area contributed by atoms with Gasteiger partial charge >= 0.3 is 0 Å². The fraction of sp³-hybridized carbons (Fsp3) is 1.00. The van der Waals surface area contributed by atoms with Crippen LogP contribution in [0.1, 0.15) is 32.1 Å². The van der Waals surface area contributed by atoms with Gasteiger partial charge in [0.1, 0.15) is 0 Å². The predicted molar refractivity (Wildman–Crippen MR) is 60.8 cm³/mol. The molecule has 0 spiro atoms. The van der Waals surface area contributed by atoms with Gasteiger partial charge in [-0.05, 0) is 32.2 Å². The lowest BCUT2D eigenvalue weighted by Crippen LogP contribution is -2.54. The summed E-state index contributed by atoms with van der Waals surface area (Å²) < 4.78 is 26.0. The van der Waals surface area contributed by atoms with Gasteiger partial charge in [0.25, 0.3) is 0 Å². The molecule has 1 atom stereocenters. The summed E-state index contributed by atoms with van der Waals surface area (Å²) in [5.41, 5.74) is 0. The van der Waals surface area contributed by atoms with E-state index in [0.717, 1.165) is 19.6 Å². The first-order chi connectivity index (χ1) is 7.61. The van der Waals surface area contributed by atoms with Gasteiger partial charge in [0.15, 0.2) is 0 Å². The minimum absolute atomic E-state index is 0.0994. The number of nitrogens with one attached hydrogen (secondary N) is 1. The van der Waals surface area contributed by atoms with Crippen LogP contribution in [-0.2, 0) is 0 Å². The molecule has 0 radical (unpaired) electrons. The molecule has 1 unspecified atom stereocenters. The predicted octanol–water partition coefficient (Wildman–Crippen LogP) is 2.11. The van der Waals surface area contributed by atoms with E-state index >= 15 is 0 Å². The summed E-state index contributed by atoms with van der Waals surface area (Å²) in [6.45, 7) is 3.21. The summed E-state index contributed by atoms with van der Waals surface area (Å²) in [5.74, 6) is -1.88. The lowest BCUT2D eigenvalue weighted by atomic mass is 9.85. The Balaban J connectivity index is 1.71. The molecular formula is C12H22F2N2. The van der Waals surface area contributed by atoms with E-state index in [0.29, 0.717) is 24.8 Å². The smallest absolute Gasteiger partial charge is 0.248 e. The average molecular weight is 232 g/mol. The van der Waals surface area contributed by atoms with Crippen molar-refractivity contribution in [3.63, 3.8) is 0 Å². The minimum Gasteiger partial charge on any atom is -0.318 e. The normalized spacial score (nSPS) is 31.3. The summed E-state index contributed by atoms with van der Waals surface area (Å²) in [4.78, 5) is 2.45. The van der Waals surface area contributed by atoms with E-state index < -0.39 is 5.92 Å². The lowest BCUT2D eigenvalue weighted by molar-refractivity contribution is -0.0538. The molecule has 4 heteroatoms. The molecule has 16 heavy (non-hydrogen) atoms. The SMILES string of the molecule is CNCC1CCN1CC1CCC(F)(F)CC1. The van der Waals surface area contributed by atoms with Crippen molar-refractivity contribution in [2.45, 2.75) is 44.1 Å².